The number of aliphatic hydroxyl groups is 1. The molecule has 0 fully saturated rings. The molecule has 0 aliphatic heterocycles. The monoisotopic (exact) mass is 613 g/mol. The number of hydrogen-bond acceptors (Lipinski definition) is 9. The molecule has 0 saturated heterocycles. The van der Waals surface area contributed by atoms with Gasteiger partial charge in [-0.3, -0.25) is 19.2 Å². The molecule has 2 amide bonds. The number of carbonyl (C=O) groups is 4. The third kappa shape index (κ3) is 11.6. The van der Waals surface area contributed by atoms with Crippen LogP contribution in [-0.4, -0.2) is 72.6 Å². The summed E-state index contributed by atoms with van der Waals surface area (Å²) in [5, 5.41) is 16.4. The predicted octanol–water partition coefficient (Wildman–Crippen LogP) is 3.64. The topological polar surface area (TPSA) is 144 Å². The molecule has 11 nitrogen and oxygen atoms in total. The molecule has 2 aromatic rings. The quantitative estimate of drug-likeness (QED) is 0.228. The van der Waals surface area contributed by atoms with E-state index in [-0.39, 0.29) is 49.6 Å². The summed E-state index contributed by atoms with van der Waals surface area (Å²) in [6.45, 7) is 13.5. The maximum Gasteiger partial charge on any atom is 0.316 e. The van der Waals surface area contributed by atoms with E-state index in [1.807, 2.05) is 19.9 Å². The molecule has 0 bridgehead atoms. The van der Waals surface area contributed by atoms with Gasteiger partial charge in [0.25, 0.3) is 5.91 Å². The van der Waals surface area contributed by atoms with Crippen LogP contribution in [0.1, 0.15) is 67.0 Å². The van der Waals surface area contributed by atoms with Crippen LogP contribution in [0.25, 0.3) is 0 Å². The van der Waals surface area contributed by atoms with Crippen LogP contribution in [0.5, 0.6) is 17.2 Å². The summed E-state index contributed by atoms with van der Waals surface area (Å²) in [5.41, 5.74) is -1.74. The normalized spacial score (nSPS) is 12.6. The van der Waals surface area contributed by atoms with Crippen molar-refractivity contribution in [2.45, 2.75) is 67.0 Å². The molecule has 2 aromatic carbocycles. The minimum atomic E-state index is -0.816. The summed E-state index contributed by atoms with van der Waals surface area (Å²) in [4.78, 5) is 51.6. The highest BCUT2D eigenvalue weighted by Gasteiger charge is 2.30. The minimum Gasteiger partial charge on any atom is -0.484 e. The molecule has 242 valence electrons. The maximum absolute atomic E-state index is 12.7. The number of carbonyl (C=O) groups excluding carboxylic acids is 4. The molecular formula is C33H47N3O8. The zero-order valence-corrected chi connectivity index (χ0v) is 27.3. The number of nitrogens with zero attached hydrogens (tertiary/aromatic N) is 1. The van der Waals surface area contributed by atoms with Gasteiger partial charge < -0.3 is 34.9 Å². The van der Waals surface area contributed by atoms with Crippen LogP contribution in [0, 0.1) is 10.8 Å². The van der Waals surface area contributed by atoms with Crippen molar-refractivity contribution in [3.63, 3.8) is 0 Å². The number of aliphatic hydroxyl groups excluding tert-OH is 1. The summed E-state index contributed by atoms with van der Waals surface area (Å²) < 4.78 is 16.7. The summed E-state index contributed by atoms with van der Waals surface area (Å²) in [5.74, 6) is -1.03. The molecule has 2 rings (SSSR count). The van der Waals surface area contributed by atoms with E-state index in [4.69, 9.17) is 14.2 Å². The highest BCUT2D eigenvalue weighted by molar-refractivity contribution is 5.85. The minimum absolute atomic E-state index is 0.0512. The zero-order chi connectivity index (χ0) is 33.3. The first-order chi connectivity index (χ1) is 20.3. The van der Waals surface area contributed by atoms with Gasteiger partial charge in [-0.05, 0) is 85.2 Å². The molecule has 0 spiro atoms. The molecule has 0 aliphatic carbocycles. The summed E-state index contributed by atoms with van der Waals surface area (Å²) in [6.07, 6.45) is 0. The van der Waals surface area contributed by atoms with E-state index < -0.39 is 34.3 Å². The highest BCUT2D eigenvalue weighted by Crippen LogP contribution is 2.34. The van der Waals surface area contributed by atoms with E-state index in [0.29, 0.717) is 11.3 Å². The summed E-state index contributed by atoms with van der Waals surface area (Å²) in [7, 11) is 1.52. The van der Waals surface area contributed by atoms with Gasteiger partial charge in [0.15, 0.2) is 18.1 Å². The second kappa shape index (κ2) is 15.2. The molecule has 0 aliphatic rings. The standard InChI is InChI=1S/C33H47N3O8/c1-31(2,3)29(40)43-25-16-15-22(17-26(25)44-30(41)32(4,5)6)24(19-37)35-33(7,8)21-34-27(38)18-36(9)28(39)20-42-23-13-11-10-12-14-23/h10-17,24,35,37H,18-21H2,1-9H3,(H,34,38). The van der Waals surface area contributed by atoms with Gasteiger partial charge >= 0.3 is 11.9 Å². The van der Waals surface area contributed by atoms with Crippen molar-refractivity contribution in [3.05, 3.63) is 54.1 Å². The van der Waals surface area contributed by atoms with Crippen LogP contribution in [0.4, 0.5) is 0 Å². The Morgan fingerprint density at radius 3 is 1.95 bits per heavy atom. The highest BCUT2D eigenvalue weighted by atomic mass is 16.6. The molecule has 0 aromatic heterocycles. The number of nitrogens with one attached hydrogen (secondary N) is 2. The van der Waals surface area contributed by atoms with E-state index >= 15 is 0 Å². The van der Waals surface area contributed by atoms with E-state index in [0.717, 1.165) is 0 Å². The Kier molecular flexibility index (Phi) is 12.5. The fraction of sp³-hybridized carbons (Fsp3) is 0.515. The number of ether oxygens (including phenoxy) is 3. The van der Waals surface area contributed by atoms with Gasteiger partial charge in [-0.2, -0.15) is 0 Å². The van der Waals surface area contributed by atoms with Crippen LogP contribution < -0.4 is 24.8 Å². The van der Waals surface area contributed by atoms with Crippen molar-refractivity contribution in [1.82, 2.24) is 15.5 Å². The first kappa shape index (κ1) is 36.2. The summed E-state index contributed by atoms with van der Waals surface area (Å²) >= 11 is 0. The number of likely N-dealkylation sites (N-methyl/N-ethyl adjacent to an activating group) is 1. The molecule has 1 unspecified atom stereocenters. The number of esters is 2. The van der Waals surface area contributed by atoms with Crippen LogP contribution >= 0.6 is 0 Å². The lowest BCUT2D eigenvalue weighted by Crippen LogP contribution is -2.52. The maximum atomic E-state index is 12.7. The van der Waals surface area contributed by atoms with E-state index in [2.05, 4.69) is 10.6 Å². The van der Waals surface area contributed by atoms with Crippen molar-refractivity contribution >= 4 is 23.8 Å². The Morgan fingerprint density at radius 2 is 1.41 bits per heavy atom. The third-order valence-electron chi connectivity index (χ3n) is 6.39. The molecule has 44 heavy (non-hydrogen) atoms. The second-order valence-corrected chi connectivity index (χ2v) is 13.4. The molecular weight excluding hydrogens is 566 g/mol. The Bertz CT molecular complexity index is 1300. The lowest BCUT2D eigenvalue weighted by atomic mass is 9.97. The van der Waals surface area contributed by atoms with Crippen LogP contribution in [0.3, 0.4) is 0 Å². The Morgan fingerprint density at radius 1 is 0.841 bits per heavy atom. The zero-order valence-electron chi connectivity index (χ0n) is 27.3. The fourth-order valence-electron chi connectivity index (χ4n) is 3.62. The van der Waals surface area contributed by atoms with Gasteiger partial charge in [-0.15, -0.1) is 0 Å². The Hall–Kier alpha value is -3.96. The van der Waals surface area contributed by atoms with Crippen LogP contribution in [0.15, 0.2) is 48.5 Å². The Balaban J connectivity index is 2.07. The number of hydrogen-bond donors (Lipinski definition) is 3. The Labute approximate surface area is 260 Å². The van der Waals surface area contributed by atoms with Crippen molar-refractivity contribution in [2.24, 2.45) is 10.8 Å². The lowest BCUT2D eigenvalue weighted by molar-refractivity contribution is -0.145. The van der Waals surface area contributed by atoms with E-state index in [9.17, 15) is 24.3 Å². The smallest absolute Gasteiger partial charge is 0.316 e. The fourth-order valence-corrected chi connectivity index (χ4v) is 3.62. The van der Waals surface area contributed by atoms with Gasteiger partial charge in [0, 0.05) is 19.1 Å². The van der Waals surface area contributed by atoms with E-state index in [1.54, 1.807) is 77.9 Å². The second-order valence-electron chi connectivity index (χ2n) is 13.4. The predicted molar refractivity (Wildman–Crippen MR) is 166 cm³/mol. The molecule has 0 radical (unpaired) electrons. The molecule has 0 saturated carbocycles. The average Bonchev–Trinajstić information content (AvgIpc) is 2.94. The van der Waals surface area contributed by atoms with Gasteiger partial charge in [0.2, 0.25) is 5.91 Å². The summed E-state index contributed by atoms with van der Waals surface area (Å²) in [6, 6.07) is 13.0. The third-order valence-corrected chi connectivity index (χ3v) is 6.39. The molecule has 1 atom stereocenters. The average molecular weight is 614 g/mol. The van der Waals surface area contributed by atoms with Gasteiger partial charge in [0.05, 0.1) is 30.0 Å². The first-order valence-electron chi connectivity index (χ1n) is 14.5. The van der Waals surface area contributed by atoms with Gasteiger partial charge in [0.1, 0.15) is 5.75 Å². The molecule has 0 heterocycles. The van der Waals surface area contributed by atoms with Crippen LogP contribution in [0.2, 0.25) is 0 Å². The van der Waals surface area contributed by atoms with Crippen molar-refractivity contribution in [1.29, 1.82) is 0 Å². The number of para-hydroxylation sites is 1. The number of amides is 2. The largest absolute Gasteiger partial charge is 0.484 e. The number of benzene rings is 2. The van der Waals surface area contributed by atoms with Crippen molar-refractivity contribution in [2.75, 3.05) is 33.4 Å². The SMILES string of the molecule is CN(CC(=O)NCC(C)(C)NC(CO)c1ccc(OC(=O)C(C)(C)C)c(OC(=O)C(C)(C)C)c1)C(=O)COc1ccccc1. The molecule has 11 heteroatoms. The van der Waals surface area contributed by atoms with Crippen molar-refractivity contribution < 1.29 is 38.5 Å². The van der Waals surface area contributed by atoms with E-state index in [1.165, 1.54) is 18.0 Å². The van der Waals surface area contributed by atoms with Crippen molar-refractivity contribution in [3.8, 4) is 17.2 Å². The first-order valence-corrected chi connectivity index (χ1v) is 14.5. The van der Waals surface area contributed by atoms with Gasteiger partial charge in [-0.25, -0.2) is 0 Å². The van der Waals surface area contributed by atoms with Gasteiger partial charge in [-0.1, -0.05) is 24.3 Å². The van der Waals surface area contributed by atoms with Crippen LogP contribution in [-0.2, 0) is 19.2 Å². The lowest BCUT2D eigenvalue weighted by Gasteiger charge is -2.32. The number of rotatable bonds is 13. The molecule has 3 N–H and O–H groups in total.